The maximum Gasteiger partial charge on any atom is 0.223 e. The van der Waals surface area contributed by atoms with Crippen molar-refractivity contribution in [2.24, 2.45) is 5.84 Å². The minimum atomic E-state index is 0.190. The summed E-state index contributed by atoms with van der Waals surface area (Å²) in [6.07, 6.45) is 0. The van der Waals surface area contributed by atoms with Gasteiger partial charge in [-0.15, -0.1) is 0 Å². The fourth-order valence-electron chi connectivity index (χ4n) is 1.46. The SMILES string of the molecule is CC(CN(C)C)Nc1cc(NN)nc(N)n1. The Balaban J connectivity index is 2.69. The van der Waals surface area contributed by atoms with E-state index in [1.54, 1.807) is 6.07 Å². The second-order valence-corrected chi connectivity index (χ2v) is 3.95. The summed E-state index contributed by atoms with van der Waals surface area (Å²) < 4.78 is 0. The molecule has 1 unspecified atom stereocenters. The highest BCUT2D eigenvalue weighted by Gasteiger charge is 2.06. The molecule has 0 bridgehead atoms. The van der Waals surface area contributed by atoms with Gasteiger partial charge in [-0.3, -0.25) is 0 Å². The molecule has 1 heterocycles. The molecular formula is C9H19N7. The van der Waals surface area contributed by atoms with E-state index < -0.39 is 0 Å². The molecule has 0 amide bonds. The minimum absolute atomic E-state index is 0.190. The average molecular weight is 225 g/mol. The molecule has 1 aromatic rings. The number of nitrogens with zero attached hydrogens (tertiary/aromatic N) is 3. The van der Waals surface area contributed by atoms with Crippen molar-refractivity contribution in [2.75, 3.05) is 37.1 Å². The van der Waals surface area contributed by atoms with E-state index in [2.05, 4.69) is 32.5 Å². The predicted octanol–water partition coefficient (Wildman–Crippen LogP) is -0.294. The van der Waals surface area contributed by atoms with Crippen LogP contribution in [0.2, 0.25) is 0 Å². The maximum atomic E-state index is 5.54. The molecule has 7 heteroatoms. The van der Waals surface area contributed by atoms with E-state index in [1.807, 2.05) is 14.1 Å². The van der Waals surface area contributed by atoms with E-state index in [0.717, 1.165) is 6.54 Å². The standard InChI is InChI=1S/C9H19N7/c1-6(5-16(2)3)12-7-4-8(15-11)14-9(10)13-7/h4,6H,5,11H2,1-3H3,(H4,10,12,13,14,15). The predicted molar refractivity (Wildman–Crippen MR) is 65.9 cm³/mol. The summed E-state index contributed by atoms with van der Waals surface area (Å²) >= 11 is 0. The molecule has 0 saturated carbocycles. The average Bonchev–Trinajstić information content (AvgIpc) is 2.14. The molecule has 0 spiro atoms. The number of hydrazine groups is 1. The summed E-state index contributed by atoms with van der Waals surface area (Å²) in [5, 5.41) is 3.22. The summed E-state index contributed by atoms with van der Waals surface area (Å²) in [6.45, 7) is 2.96. The molecule has 0 fully saturated rings. The van der Waals surface area contributed by atoms with Gasteiger partial charge in [0.25, 0.3) is 0 Å². The Hall–Kier alpha value is -1.60. The molecular weight excluding hydrogens is 206 g/mol. The first-order valence-corrected chi connectivity index (χ1v) is 5.03. The smallest absolute Gasteiger partial charge is 0.223 e. The maximum absolute atomic E-state index is 5.54. The first kappa shape index (κ1) is 12.5. The number of likely N-dealkylation sites (N-methyl/N-ethyl adjacent to an activating group) is 1. The Morgan fingerprint density at radius 3 is 2.56 bits per heavy atom. The zero-order valence-electron chi connectivity index (χ0n) is 9.86. The molecule has 0 aliphatic carbocycles. The summed E-state index contributed by atoms with van der Waals surface area (Å²) in [7, 11) is 4.03. The summed E-state index contributed by atoms with van der Waals surface area (Å²) in [4.78, 5) is 10.1. The van der Waals surface area contributed by atoms with Crippen molar-refractivity contribution in [3.05, 3.63) is 6.07 Å². The Morgan fingerprint density at radius 1 is 1.38 bits per heavy atom. The van der Waals surface area contributed by atoms with Crippen molar-refractivity contribution in [1.29, 1.82) is 0 Å². The molecule has 0 saturated heterocycles. The third-order valence-electron chi connectivity index (χ3n) is 1.92. The monoisotopic (exact) mass is 225 g/mol. The number of hydrogen-bond donors (Lipinski definition) is 4. The van der Waals surface area contributed by atoms with Crippen LogP contribution in [-0.4, -0.2) is 41.5 Å². The number of nitrogen functional groups attached to an aromatic ring is 2. The number of rotatable bonds is 5. The summed E-state index contributed by atoms with van der Waals surface area (Å²) in [5.41, 5.74) is 7.98. The molecule has 16 heavy (non-hydrogen) atoms. The fourth-order valence-corrected chi connectivity index (χ4v) is 1.46. The van der Waals surface area contributed by atoms with Crippen LogP contribution < -0.4 is 22.3 Å². The highest BCUT2D eigenvalue weighted by molar-refractivity contribution is 5.50. The van der Waals surface area contributed by atoms with Crippen LogP contribution in [0.5, 0.6) is 0 Å². The van der Waals surface area contributed by atoms with Crippen molar-refractivity contribution < 1.29 is 0 Å². The van der Waals surface area contributed by atoms with Crippen LogP contribution in [0.15, 0.2) is 6.07 Å². The van der Waals surface area contributed by atoms with Crippen LogP contribution in [0.1, 0.15) is 6.92 Å². The van der Waals surface area contributed by atoms with Gasteiger partial charge in [-0.25, -0.2) is 5.84 Å². The van der Waals surface area contributed by atoms with Crippen LogP contribution >= 0.6 is 0 Å². The minimum Gasteiger partial charge on any atom is -0.368 e. The topological polar surface area (TPSA) is 105 Å². The zero-order valence-corrected chi connectivity index (χ0v) is 9.86. The van der Waals surface area contributed by atoms with Crippen molar-refractivity contribution >= 4 is 17.6 Å². The van der Waals surface area contributed by atoms with Crippen molar-refractivity contribution in [1.82, 2.24) is 14.9 Å². The zero-order chi connectivity index (χ0) is 12.1. The first-order chi connectivity index (χ1) is 7.51. The molecule has 0 aliphatic rings. The molecule has 7 nitrogen and oxygen atoms in total. The van der Waals surface area contributed by atoms with E-state index in [1.165, 1.54) is 0 Å². The van der Waals surface area contributed by atoms with Gasteiger partial charge in [-0.1, -0.05) is 0 Å². The number of anilines is 3. The number of nitrogens with two attached hydrogens (primary N) is 2. The van der Waals surface area contributed by atoms with Gasteiger partial charge in [-0.05, 0) is 21.0 Å². The fraction of sp³-hybridized carbons (Fsp3) is 0.556. The number of aromatic nitrogens is 2. The van der Waals surface area contributed by atoms with Crippen molar-refractivity contribution in [3.8, 4) is 0 Å². The number of hydrogen-bond acceptors (Lipinski definition) is 7. The summed E-state index contributed by atoms with van der Waals surface area (Å²) in [5.74, 6) is 6.61. The van der Waals surface area contributed by atoms with E-state index in [-0.39, 0.29) is 12.0 Å². The third-order valence-corrected chi connectivity index (χ3v) is 1.92. The molecule has 0 radical (unpaired) electrons. The van der Waals surface area contributed by atoms with Gasteiger partial charge in [0.2, 0.25) is 5.95 Å². The van der Waals surface area contributed by atoms with Gasteiger partial charge in [-0.2, -0.15) is 9.97 Å². The highest BCUT2D eigenvalue weighted by Crippen LogP contribution is 2.12. The van der Waals surface area contributed by atoms with E-state index >= 15 is 0 Å². The molecule has 1 atom stereocenters. The van der Waals surface area contributed by atoms with E-state index in [4.69, 9.17) is 11.6 Å². The Labute approximate surface area is 95.2 Å². The molecule has 90 valence electrons. The van der Waals surface area contributed by atoms with Crippen LogP contribution in [0.4, 0.5) is 17.6 Å². The van der Waals surface area contributed by atoms with Crippen LogP contribution in [0.3, 0.4) is 0 Å². The largest absolute Gasteiger partial charge is 0.368 e. The van der Waals surface area contributed by atoms with Gasteiger partial charge in [0.15, 0.2) is 0 Å². The molecule has 0 aromatic carbocycles. The molecule has 1 rings (SSSR count). The van der Waals surface area contributed by atoms with Gasteiger partial charge in [0.1, 0.15) is 11.6 Å². The number of nitrogens with one attached hydrogen (secondary N) is 2. The van der Waals surface area contributed by atoms with Crippen LogP contribution in [0, 0.1) is 0 Å². The Morgan fingerprint density at radius 2 is 2.00 bits per heavy atom. The van der Waals surface area contributed by atoms with Gasteiger partial charge in [0, 0.05) is 18.7 Å². The van der Waals surface area contributed by atoms with Gasteiger partial charge < -0.3 is 21.4 Å². The van der Waals surface area contributed by atoms with Crippen molar-refractivity contribution in [3.63, 3.8) is 0 Å². The van der Waals surface area contributed by atoms with Crippen molar-refractivity contribution in [2.45, 2.75) is 13.0 Å². The second kappa shape index (κ2) is 5.47. The molecule has 1 aromatic heterocycles. The highest BCUT2D eigenvalue weighted by atomic mass is 15.3. The quantitative estimate of drug-likeness (QED) is 0.403. The van der Waals surface area contributed by atoms with E-state index in [9.17, 15) is 0 Å². The third kappa shape index (κ3) is 3.87. The summed E-state index contributed by atoms with van der Waals surface area (Å²) in [6, 6.07) is 1.97. The van der Waals surface area contributed by atoms with Crippen LogP contribution in [-0.2, 0) is 0 Å². The molecule has 6 N–H and O–H groups in total. The normalized spacial score (nSPS) is 12.6. The Kier molecular flexibility index (Phi) is 4.27. The Bertz CT molecular complexity index is 339. The van der Waals surface area contributed by atoms with E-state index in [0.29, 0.717) is 11.6 Å². The lowest BCUT2D eigenvalue weighted by atomic mass is 10.3. The lowest BCUT2D eigenvalue weighted by molar-refractivity contribution is 0.392. The lowest BCUT2D eigenvalue weighted by Crippen LogP contribution is -2.30. The second-order valence-electron chi connectivity index (χ2n) is 3.95. The first-order valence-electron chi connectivity index (χ1n) is 5.03. The lowest BCUT2D eigenvalue weighted by Gasteiger charge is -2.19. The molecule has 0 aliphatic heterocycles. The van der Waals surface area contributed by atoms with Crippen LogP contribution in [0.25, 0.3) is 0 Å². The van der Waals surface area contributed by atoms with Gasteiger partial charge in [0.05, 0.1) is 0 Å². The van der Waals surface area contributed by atoms with Gasteiger partial charge >= 0.3 is 0 Å².